The fraction of sp³-hybridized carbons (Fsp3) is 0.455. The van der Waals surface area contributed by atoms with Gasteiger partial charge in [-0.3, -0.25) is 4.79 Å². The minimum absolute atomic E-state index is 0.0366. The number of carbonyl (C=O) groups is 1. The highest BCUT2D eigenvalue weighted by atomic mass is 32.2. The van der Waals surface area contributed by atoms with Crippen LogP contribution in [0.5, 0.6) is 0 Å². The van der Waals surface area contributed by atoms with Crippen LogP contribution in [-0.4, -0.2) is 26.2 Å². The van der Waals surface area contributed by atoms with E-state index in [9.17, 15) is 4.79 Å². The standard InChI is InChI=1S/C11H11N3O3S2/c15-9(16)3-7-4-18-11(12-7)19-5-8-13-10(17-14-8)6-1-2-6/h4,6H,1-3,5H2,(H,15,16). The quantitative estimate of drug-likeness (QED) is 0.818. The van der Waals surface area contributed by atoms with Gasteiger partial charge in [-0.25, -0.2) is 4.98 Å². The highest BCUT2D eigenvalue weighted by Crippen LogP contribution is 2.39. The number of rotatable bonds is 6. The van der Waals surface area contributed by atoms with Crippen molar-refractivity contribution in [2.24, 2.45) is 0 Å². The van der Waals surface area contributed by atoms with E-state index in [1.54, 1.807) is 5.38 Å². The number of thioether (sulfide) groups is 1. The average molecular weight is 297 g/mol. The van der Waals surface area contributed by atoms with Crippen molar-refractivity contribution in [3.63, 3.8) is 0 Å². The van der Waals surface area contributed by atoms with Gasteiger partial charge in [-0.05, 0) is 12.8 Å². The molecule has 2 aromatic rings. The van der Waals surface area contributed by atoms with E-state index in [0.29, 0.717) is 23.2 Å². The third-order valence-electron chi connectivity index (χ3n) is 2.60. The summed E-state index contributed by atoms with van der Waals surface area (Å²) >= 11 is 2.93. The fourth-order valence-corrected chi connectivity index (χ4v) is 3.23. The average Bonchev–Trinajstić information content (AvgIpc) is 2.95. The Balaban J connectivity index is 1.55. The number of hydrogen-bond acceptors (Lipinski definition) is 7. The van der Waals surface area contributed by atoms with Crippen molar-refractivity contribution >= 4 is 29.1 Å². The molecule has 0 atom stereocenters. The highest BCUT2D eigenvalue weighted by Gasteiger charge is 2.29. The molecule has 0 aliphatic heterocycles. The number of carboxylic acid groups (broad SMARTS) is 1. The zero-order valence-corrected chi connectivity index (χ0v) is 11.5. The lowest BCUT2D eigenvalue weighted by Gasteiger charge is -1.91. The first kappa shape index (κ1) is 12.6. The van der Waals surface area contributed by atoms with Crippen LogP contribution < -0.4 is 0 Å². The van der Waals surface area contributed by atoms with Gasteiger partial charge in [0, 0.05) is 11.3 Å². The minimum atomic E-state index is -0.867. The van der Waals surface area contributed by atoms with Crippen molar-refractivity contribution < 1.29 is 14.4 Å². The van der Waals surface area contributed by atoms with Crippen molar-refractivity contribution in [1.29, 1.82) is 0 Å². The Bertz CT molecular complexity index is 592. The van der Waals surface area contributed by atoms with Gasteiger partial charge in [0.15, 0.2) is 10.2 Å². The zero-order chi connectivity index (χ0) is 13.2. The molecule has 8 heteroatoms. The predicted molar refractivity (Wildman–Crippen MR) is 69.3 cm³/mol. The summed E-state index contributed by atoms with van der Waals surface area (Å²) in [5.74, 6) is 1.60. The molecule has 0 radical (unpaired) electrons. The maximum atomic E-state index is 10.6. The summed E-state index contributed by atoms with van der Waals surface area (Å²) in [5.41, 5.74) is 0.590. The number of aliphatic carboxylic acids is 1. The maximum Gasteiger partial charge on any atom is 0.309 e. The summed E-state index contributed by atoms with van der Waals surface area (Å²) < 4.78 is 5.99. The van der Waals surface area contributed by atoms with E-state index in [1.165, 1.54) is 23.1 Å². The molecule has 1 aliphatic carbocycles. The van der Waals surface area contributed by atoms with E-state index in [2.05, 4.69) is 15.1 Å². The third-order valence-corrected chi connectivity index (χ3v) is 4.66. The number of aromatic nitrogens is 3. The van der Waals surface area contributed by atoms with Crippen LogP contribution >= 0.6 is 23.1 Å². The van der Waals surface area contributed by atoms with Gasteiger partial charge in [0.05, 0.1) is 17.9 Å². The molecule has 100 valence electrons. The summed E-state index contributed by atoms with van der Waals surface area (Å²) in [6.45, 7) is 0. The van der Waals surface area contributed by atoms with Crippen LogP contribution in [-0.2, 0) is 17.0 Å². The molecular weight excluding hydrogens is 286 g/mol. The largest absolute Gasteiger partial charge is 0.481 e. The van der Waals surface area contributed by atoms with Gasteiger partial charge in [-0.15, -0.1) is 11.3 Å². The number of hydrogen-bond donors (Lipinski definition) is 1. The Kier molecular flexibility index (Phi) is 3.52. The molecule has 19 heavy (non-hydrogen) atoms. The molecule has 2 heterocycles. The van der Waals surface area contributed by atoms with Crippen LogP contribution in [0.2, 0.25) is 0 Å². The van der Waals surface area contributed by atoms with Gasteiger partial charge in [-0.1, -0.05) is 16.9 Å². The third kappa shape index (κ3) is 3.32. The second-order valence-corrected chi connectivity index (χ2v) is 6.37. The van der Waals surface area contributed by atoms with Gasteiger partial charge in [0.2, 0.25) is 5.89 Å². The van der Waals surface area contributed by atoms with Crippen molar-refractivity contribution in [2.45, 2.75) is 35.3 Å². The molecule has 1 N–H and O–H groups in total. The van der Waals surface area contributed by atoms with E-state index in [1.807, 2.05) is 0 Å². The van der Waals surface area contributed by atoms with Crippen LogP contribution in [0.4, 0.5) is 0 Å². The molecule has 1 saturated carbocycles. The Morgan fingerprint density at radius 2 is 2.37 bits per heavy atom. The highest BCUT2D eigenvalue weighted by molar-refractivity contribution is 8.00. The van der Waals surface area contributed by atoms with Gasteiger partial charge < -0.3 is 9.63 Å². The van der Waals surface area contributed by atoms with Crippen molar-refractivity contribution in [3.8, 4) is 0 Å². The van der Waals surface area contributed by atoms with E-state index in [-0.39, 0.29) is 6.42 Å². The van der Waals surface area contributed by atoms with E-state index < -0.39 is 5.97 Å². The fourth-order valence-electron chi connectivity index (χ4n) is 1.54. The lowest BCUT2D eigenvalue weighted by atomic mass is 10.3. The molecule has 0 saturated heterocycles. The summed E-state index contributed by atoms with van der Waals surface area (Å²) in [6.07, 6.45) is 2.24. The number of nitrogens with zero attached hydrogens (tertiary/aromatic N) is 3. The SMILES string of the molecule is O=C(O)Cc1csc(SCc2noc(C3CC3)n2)n1. The van der Waals surface area contributed by atoms with Gasteiger partial charge in [0.25, 0.3) is 0 Å². The molecule has 0 aromatic carbocycles. The Morgan fingerprint density at radius 3 is 3.11 bits per heavy atom. The number of carboxylic acids is 1. The molecule has 6 nitrogen and oxygen atoms in total. The van der Waals surface area contributed by atoms with E-state index in [0.717, 1.165) is 23.1 Å². The van der Waals surface area contributed by atoms with Crippen LogP contribution in [0, 0.1) is 0 Å². The lowest BCUT2D eigenvalue weighted by molar-refractivity contribution is -0.136. The molecule has 3 rings (SSSR count). The summed E-state index contributed by atoms with van der Waals surface area (Å²) in [4.78, 5) is 19.1. The molecule has 0 amide bonds. The molecule has 1 aliphatic rings. The smallest absolute Gasteiger partial charge is 0.309 e. The first-order chi connectivity index (χ1) is 9.20. The predicted octanol–water partition coefficient (Wildman–Crippen LogP) is 2.32. The normalized spacial score (nSPS) is 14.7. The summed E-state index contributed by atoms with van der Waals surface area (Å²) in [6, 6.07) is 0. The van der Waals surface area contributed by atoms with Crippen LogP contribution in [0.1, 0.15) is 36.2 Å². The van der Waals surface area contributed by atoms with E-state index >= 15 is 0 Å². The Hall–Kier alpha value is -1.41. The molecule has 0 bridgehead atoms. The Labute approximate surface area is 117 Å². The Morgan fingerprint density at radius 1 is 1.53 bits per heavy atom. The van der Waals surface area contributed by atoms with Gasteiger partial charge in [0.1, 0.15) is 0 Å². The van der Waals surface area contributed by atoms with Gasteiger partial charge >= 0.3 is 5.97 Å². The van der Waals surface area contributed by atoms with E-state index in [4.69, 9.17) is 9.63 Å². The second kappa shape index (κ2) is 5.30. The molecule has 2 aromatic heterocycles. The van der Waals surface area contributed by atoms with Crippen molar-refractivity contribution in [1.82, 2.24) is 15.1 Å². The van der Waals surface area contributed by atoms with Gasteiger partial charge in [-0.2, -0.15) is 4.98 Å². The topological polar surface area (TPSA) is 89.1 Å². The van der Waals surface area contributed by atoms with Crippen LogP contribution in [0.15, 0.2) is 14.2 Å². The van der Waals surface area contributed by atoms with Crippen molar-refractivity contribution in [3.05, 3.63) is 22.8 Å². The number of thiazole rings is 1. The summed E-state index contributed by atoms with van der Waals surface area (Å²) in [7, 11) is 0. The maximum absolute atomic E-state index is 10.6. The van der Waals surface area contributed by atoms with Crippen molar-refractivity contribution in [2.75, 3.05) is 0 Å². The monoisotopic (exact) mass is 297 g/mol. The summed E-state index contributed by atoms with van der Waals surface area (Å²) in [5, 5.41) is 14.4. The zero-order valence-electron chi connectivity index (χ0n) is 9.90. The van der Waals surface area contributed by atoms with Crippen LogP contribution in [0.3, 0.4) is 0 Å². The molecular formula is C11H11N3O3S2. The lowest BCUT2D eigenvalue weighted by Crippen LogP contribution is -1.99. The molecule has 0 spiro atoms. The van der Waals surface area contributed by atoms with Crippen LogP contribution in [0.25, 0.3) is 0 Å². The first-order valence-corrected chi connectivity index (χ1v) is 7.68. The molecule has 0 unspecified atom stereocenters. The minimum Gasteiger partial charge on any atom is -0.481 e. The first-order valence-electron chi connectivity index (χ1n) is 5.82. The second-order valence-electron chi connectivity index (χ2n) is 4.29. The molecule has 1 fully saturated rings.